The monoisotopic (exact) mass is 380 g/mol. The number of H-pyrrole nitrogens is 1. The molecule has 1 aliphatic heterocycles. The number of benzene rings is 1. The smallest absolute Gasteiger partial charge is 0.174 e. The van der Waals surface area contributed by atoms with E-state index in [9.17, 15) is 0 Å². The van der Waals surface area contributed by atoms with E-state index in [2.05, 4.69) is 26.3 Å². The second kappa shape index (κ2) is 7.28. The summed E-state index contributed by atoms with van der Waals surface area (Å²) in [5, 5.41) is 4.03. The fourth-order valence-corrected chi connectivity index (χ4v) is 3.78. The molecule has 0 spiro atoms. The summed E-state index contributed by atoms with van der Waals surface area (Å²) >= 11 is 5.71. The Balaban J connectivity index is 1.85. The largest absolute Gasteiger partial charge is 0.497 e. The van der Waals surface area contributed by atoms with Gasteiger partial charge in [-0.05, 0) is 48.6 Å². The van der Waals surface area contributed by atoms with E-state index < -0.39 is 0 Å². The molecule has 4 rings (SSSR count). The molecular weight excluding hydrogens is 360 g/mol. The highest BCUT2D eigenvalue weighted by Gasteiger charge is 2.42. The Hall–Kier alpha value is -3.06. The Morgan fingerprint density at radius 2 is 1.96 bits per heavy atom. The SMILES string of the molecule is COc1ccc(OC)c(N2C(=S)N[C@@H](c3ccccn3)[C@H]2c2ccc[nH]2)c1. The second-order valence-electron chi connectivity index (χ2n) is 6.16. The fourth-order valence-electron chi connectivity index (χ4n) is 3.44. The van der Waals surface area contributed by atoms with E-state index in [4.69, 9.17) is 21.7 Å². The van der Waals surface area contributed by atoms with Crippen molar-refractivity contribution in [3.63, 3.8) is 0 Å². The molecule has 0 radical (unpaired) electrons. The van der Waals surface area contributed by atoms with E-state index >= 15 is 0 Å². The maximum absolute atomic E-state index is 5.71. The van der Waals surface area contributed by atoms with Crippen molar-refractivity contribution in [2.45, 2.75) is 12.1 Å². The average molecular weight is 380 g/mol. The number of methoxy groups -OCH3 is 2. The number of aromatic amines is 1. The van der Waals surface area contributed by atoms with Crippen molar-refractivity contribution in [2.75, 3.05) is 19.1 Å². The lowest BCUT2D eigenvalue weighted by molar-refractivity contribution is 0.402. The first-order valence-electron chi connectivity index (χ1n) is 8.59. The number of hydrogen-bond acceptors (Lipinski definition) is 4. The molecule has 0 aliphatic carbocycles. The van der Waals surface area contributed by atoms with Gasteiger partial charge in [0.15, 0.2) is 5.11 Å². The van der Waals surface area contributed by atoms with E-state index in [-0.39, 0.29) is 12.1 Å². The Morgan fingerprint density at radius 3 is 2.63 bits per heavy atom. The van der Waals surface area contributed by atoms with E-state index in [0.29, 0.717) is 5.11 Å². The van der Waals surface area contributed by atoms with Crippen LogP contribution < -0.4 is 19.7 Å². The summed E-state index contributed by atoms with van der Waals surface area (Å²) in [6, 6.07) is 15.4. The van der Waals surface area contributed by atoms with Crippen LogP contribution in [0.4, 0.5) is 5.69 Å². The first-order chi connectivity index (χ1) is 13.2. The second-order valence-corrected chi connectivity index (χ2v) is 6.55. The van der Waals surface area contributed by atoms with Gasteiger partial charge in [0.1, 0.15) is 17.5 Å². The van der Waals surface area contributed by atoms with Gasteiger partial charge in [0, 0.05) is 24.2 Å². The summed E-state index contributed by atoms with van der Waals surface area (Å²) in [7, 11) is 3.29. The predicted molar refractivity (Wildman–Crippen MR) is 108 cm³/mol. The van der Waals surface area contributed by atoms with Gasteiger partial charge in [0.25, 0.3) is 0 Å². The highest BCUT2D eigenvalue weighted by molar-refractivity contribution is 7.80. The lowest BCUT2D eigenvalue weighted by Gasteiger charge is -2.28. The molecule has 6 nitrogen and oxygen atoms in total. The van der Waals surface area contributed by atoms with E-state index in [1.807, 2.05) is 48.7 Å². The van der Waals surface area contributed by atoms with Gasteiger partial charge >= 0.3 is 0 Å². The third kappa shape index (κ3) is 3.10. The molecule has 27 heavy (non-hydrogen) atoms. The van der Waals surface area contributed by atoms with Crippen LogP contribution in [0, 0.1) is 0 Å². The minimum absolute atomic E-state index is 0.103. The topological polar surface area (TPSA) is 62.4 Å². The van der Waals surface area contributed by atoms with Gasteiger partial charge in [-0.2, -0.15) is 0 Å². The van der Waals surface area contributed by atoms with Gasteiger partial charge in [0.05, 0.1) is 31.6 Å². The lowest BCUT2D eigenvalue weighted by atomic mass is 10.0. The van der Waals surface area contributed by atoms with Crippen molar-refractivity contribution in [3.05, 3.63) is 72.3 Å². The molecule has 138 valence electrons. The van der Waals surface area contributed by atoms with E-state index in [1.165, 1.54) is 0 Å². The van der Waals surface area contributed by atoms with Crippen molar-refractivity contribution in [1.82, 2.24) is 15.3 Å². The quantitative estimate of drug-likeness (QED) is 0.660. The molecule has 3 heterocycles. The highest BCUT2D eigenvalue weighted by atomic mass is 32.1. The normalized spacial score (nSPS) is 19.0. The number of nitrogens with one attached hydrogen (secondary N) is 2. The van der Waals surface area contributed by atoms with Crippen LogP contribution in [-0.4, -0.2) is 29.3 Å². The minimum Gasteiger partial charge on any atom is -0.497 e. The number of anilines is 1. The predicted octanol–water partition coefficient (Wildman–Crippen LogP) is 3.60. The van der Waals surface area contributed by atoms with Gasteiger partial charge in [-0.3, -0.25) is 4.98 Å². The van der Waals surface area contributed by atoms with Crippen LogP contribution in [0.1, 0.15) is 23.5 Å². The van der Waals surface area contributed by atoms with Gasteiger partial charge < -0.3 is 24.7 Å². The summed E-state index contributed by atoms with van der Waals surface area (Å²) in [6.07, 6.45) is 3.70. The molecule has 1 aliphatic rings. The number of rotatable bonds is 5. The molecule has 2 atom stereocenters. The van der Waals surface area contributed by atoms with Gasteiger partial charge in [-0.1, -0.05) is 6.07 Å². The van der Waals surface area contributed by atoms with Crippen molar-refractivity contribution >= 4 is 23.0 Å². The lowest BCUT2D eigenvalue weighted by Crippen LogP contribution is -2.30. The molecule has 0 unspecified atom stereocenters. The van der Waals surface area contributed by atoms with Gasteiger partial charge in [-0.25, -0.2) is 0 Å². The number of aromatic nitrogens is 2. The van der Waals surface area contributed by atoms with Crippen molar-refractivity contribution in [1.29, 1.82) is 0 Å². The first-order valence-corrected chi connectivity index (χ1v) is 8.99. The number of nitrogens with zero attached hydrogens (tertiary/aromatic N) is 2. The Morgan fingerprint density at radius 1 is 1.07 bits per heavy atom. The third-order valence-electron chi connectivity index (χ3n) is 4.68. The molecule has 2 aromatic heterocycles. The molecule has 1 aromatic carbocycles. The zero-order valence-corrected chi connectivity index (χ0v) is 15.9. The number of hydrogen-bond donors (Lipinski definition) is 2. The zero-order chi connectivity index (χ0) is 18.8. The zero-order valence-electron chi connectivity index (χ0n) is 15.0. The minimum atomic E-state index is -0.108. The van der Waals surface area contributed by atoms with Crippen molar-refractivity contribution < 1.29 is 9.47 Å². The van der Waals surface area contributed by atoms with E-state index in [0.717, 1.165) is 28.6 Å². The first kappa shape index (κ1) is 17.4. The summed E-state index contributed by atoms with van der Waals surface area (Å²) in [4.78, 5) is 9.92. The van der Waals surface area contributed by atoms with Crippen LogP contribution in [0.5, 0.6) is 11.5 Å². The number of ether oxygens (including phenoxy) is 2. The van der Waals surface area contributed by atoms with Crippen LogP contribution in [0.2, 0.25) is 0 Å². The van der Waals surface area contributed by atoms with Gasteiger partial charge in [-0.15, -0.1) is 0 Å². The third-order valence-corrected chi connectivity index (χ3v) is 5.00. The molecule has 1 saturated heterocycles. The molecule has 3 aromatic rings. The Labute approximate surface area is 163 Å². The maximum atomic E-state index is 5.71. The number of thiocarbonyl (C=S) groups is 1. The Bertz CT molecular complexity index is 930. The molecule has 0 amide bonds. The van der Waals surface area contributed by atoms with Crippen molar-refractivity contribution in [2.24, 2.45) is 0 Å². The van der Waals surface area contributed by atoms with Crippen LogP contribution in [-0.2, 0) is 0 Å². The van der Waals surface area contributed by atoms with Crippen LogP contribution >= 0.6 is 12.2 Å². The molecule has 1 fully saturated rings. The summed E-state index contributed by atoms with van der Waals surface area (Å²) in [5.41, 5.74) is 2.79. The standard InChI is InChI=1S/C20H20N4O2S/c1-25-13-8-9-17(26-2)16(12-13)24-19(15-7-5-11-22-15)18(23-20(24)27)14-6-3-4-10-21-14/h3-12,18-19,22H,1-2H3,(H,23,27)/t18-,19+/m0/s1. The summed E-state index contributed by atoms with van der Waals surface area (Å²) < 4.78 is 11.0. The average Bonchev–Trinajstić information content (AvgIpc) is 3.35. The Kier molecular flexibility index (Phi) is 4.68. The molecule has 0 bridgehead atoms. The van der Waals surface area contributed by atoms with Crippen molar-refractivity contribution in [3.8, 4) is 11.5 Å². The van der Waals surface area contributed by atoms with Crippen LogP contribution in [0.15, 0.2) is 60.9 Å². The van der Waals surface area contributed by atoms with E-state index in [1.54, 1.807) is 20.4 Å². The highest BCUT2D eigenvalue weighted by Crippen LogP contribution is 2.44. The summed E-state index contributed by atoms with van der Waals surface area (Å²) in [6.45, 7) is 0. The van der Waals surface area contributed by atoms with Crippen LogP contribution in [0.25, 0.3) is 0 Å². The summed E-state index contributed by atoms with van der Waals surface area (Å²) in [5.74, 6) is 1.46. The van der Waals surface area contributed by atoms with Gasteiger partial charge in [0.2, 0.25) is 0 Å². The number of pyridine rings is 1. The molecule has 2 N–H and O–H groups in total. The van der Waals surface area contributed by atoms with Crippen LogP contribution in [0.3, 0.4) is 0 Å². The molecular formula is C20H20N4O2S. The molecule has 7 heteroatoms. The fraction of sp³-hybridized carbons (Fsp3) is 0.200. The molecule has 0 saturated carbocycles. The maximum Gasteiger partial charge on any atom is 0.174 e.